The number of pyridine rings is 1. The zero-order valence-electron chi connectivity index (χ0n) is 9.07. The average molecular weight is 309 g/mol. The number of hydrogen-bond acceptors (Lipinski definition) is 1. The van der Waals surface area contributed by atoms with Crippen molar-refractivity contribution in [3.63, 3.8) is 0 Å². The van der Waals surface area contributed by atoms with E-state index < -0.39 is 11.6 Å². The molecule has 0 radical (unpaired) electrons. The molecule has 0 atom stereocenters. The summed E-state index contributed by atoms with van der Waals surface area (Å²) >= 11 is 3.34. The Labute approximate surface area is 110 Å². The van der Waals surface area contributed by atoms with Gasteiger partial charge in [0.2, 0.25) is 0 Å². The minimum atomic E-state index is -0.487. The zero-order chi connectivity index (χ0) is 12.7. The summed E-state index contributed by atoms with van der Waals surface area (Å²) in [4.78, 5) is 4.26. The molecular formula is C13H7BrF2N2. The van der Waals surface area contributed by atoms with Crippen LogP contribution in [-0.4, -0.2) is 9.38 Å². The van der Waals surface area contributed by atoms with Crippen LogP contribution in [0, 0.1) is 11.6 Å². The van der Waals surface area contributed by atoms with Gasteiger partial charge in [0, 0.05) is 22.4 Å². The van der Waals surface area contributed by atoms with E-state index in [2.05, 4.69) is 20.9 Å². The standard InChI is InChI=1S/C13H7BrF2N2/c14-8-1-4-13-17-12(7-18(13)6-8)10-5-9(15)2-3-11(10)16/h1-7H. The molecule has 0 saturated carbocycles. The summed E-state index contributed by atoms with van der Waals surface area (Å²) in [6.45, 7) is 0. The molecule has 0 aliphatic heterocycles. The van der Waals surface area contributed by atoms with Gasteiger partial charge in [0.1, 0.15) is 17.3 Å². The van der Waals surface area contributed by atoms with E-state index >= 15 is 0 Å². The summed E-state index contributed by atoms with van der Waals surface area (Å²) in [7, 11) is 0. The predicted molar refractivity (Wildman–Crippen MR) is 68.2 cm³/mol. The van der Waals surface area contributed by atoms with Crippen molar-refractivity contribution in [1.29, 1.82) is 0 Å². The number of fused-ring (bicyclic) bond motifs is 1. The molecule has 0 unspecified atom stereocenters. The van der Waals surface area contributed by atoms with Gasteiger partial charge in [-0.25, -0.2) is 13.8 Å². The van der Waals surface area contributed by atoms with Gasteiger partial charge in [-0.2, -0.15) is 0 Å². The molecule has 0 amide bonds. The van der Waals surface area contributed by atoms with Gasteiger partial charge in [0.15, 0.2) is 0 Å². The third-order valence-electron chi connectivity index (χ3n) is 2.62. The van der Waals surface area contributed by atoms with E-state index in [4.69, 9.17) is 0 Å². The van der Waals surface area contributed by atoms with Crippen LogP contribution in [0.25, 0.3) is 16.9 Å². The lowest BCUT2D eigenvalue weighted by molar-refractivity contribution is 0.603. The Kier molecular flexibility index (Phi) is 2.63. The highest BCUT2D eigenvalue weighted by atomic mass is 79.9. The van der Waals surface area contributed by atoms with E-state index in [1.165, 1.54) is 0 Å². The number of benzene rings is 1. The van der Waals surface area contributed by atoms with Crippen LogP contribution in [0.1, 0.15) is 0 Å². The van der Waals surface area contributed by atoms with Crippen molar-refractivity contribution in [2.75, 3.05) is 0 Å². The van der Waals surface area contributed by atoms with Crippen LogP contribution in [0.5, 0.6) is 0 Å². The van der Waals surface area contributed by atoms with Crippen molar-refractivity contribution in [2.24, 2.45) is 0 Å². The molecule has 3 aromatic rings. The fraction of sp³-hybridized carbons (Fsp3) is 0. The van der Waals surface area contributed by atoms with Crippen LogP contribution in [0.2, 0.25) is 0 Å². The smallest absolute Gasteiger partial charge is 0.137 e. The minimum Gasteiger partial charge on any atom is -0.305 e. The maximum absolute atomic E-state index is 13.6. The maximum Gasteiger partial charge on any atom is 0.137 e. The van der Waals surface area contributed by atoms with Gasteiger partial charge in [0.05, 0.1) is 5.69 Å². The summed E-state index contributed by atoms with van der Waals surface area (Å²) in [6.07, 6.45) is 3.47. The lowest BCUT2D eigenvalue weighted by Crippen LogP contribution is -1.86. The van der Waals surface area contributed by atoms with Crippen LogP contribution in [0.4, 0.5) is 8.78 Å². The lowest BCUT2D eigenvalue weighted by atomic mass is 10.1. The molecule has 1 aromatic carbocycles. The highest BCUT2D eigenvalue weighted by molar-refractivity contribution is 9.10. The van der Waals surface area contributed by atoms with Crippen molar-refractivity contribution >= 4 is 21.6 Å². The van der Waals surface area contributed by atoms with E-state index in [1.54, 1.807) is 16.7 Å². The summed E-state index contributed by atoms with van der Waals surface area (Å²) in [5.74, 6) is -0.969. The molecule has 3 rings (SSSR count). The van der Waals surface area contributed by atoms with Crippen LogP contribution in [-0.2, 0) is 0 Å². The predicted octanol–water partition coefficient (Wildman–Crippen LogP) is 4.04. The number of hydrogen-bond donors (Lipinski definition) is 0. The molecule has 5 heteroatoms. The first-order chi connectivity index (χ1) is 8.63. The molecule has 0 fully saturated rings. The summed E-state index contributed by atoms with van der Waals surface area (Å²) in [5.41, 5.74) is 1.25. The molecule has 0 bridgehead atoms. The van der Waals surface area contributed by atoms with Crippen LogP contribution in [0.3, 0.4) is 0 Å². The second-order valence-corrected chi connectivity index (χ2v) is 4.78. The Morgan fingerprint density at radius 2 is 1.89 bits per heavy atom. The monoisotopic (exact) mass is 308 g/mol. The number of halogens is 3. The lowest BCUT2D eigenvalue weighted by Gasteiger charge is -1.98. The fourth-order valence-electron chi connectivity index (χ4n) is 1.79. The zero-order valence-corrected chi connectivity index (χ0v) is 10.7. The normalized spacial score (nSPS) is 11.1. The third-order valence-corrected chi connectivity index (χ3v) is 3.09. The van der Waals surface area contributed by atoms with Gasteiger partial charge >= 0.3 is 0 Å². The van der Waals surface area contributed by atoms with E-state index in [0.29, 0.717) is 11.3 Å². The molecule has 90 valence electrons. The second kappa shape index (κ2) is 4.17. The van der Waals surface area contributed by atoms with Crippen molar-refractivity contribution in [1.82, 2.24) is 9.38 Å². The fourth-order valence-corrected chi connectivity index (χ4v) is 2.14. The molecule has 0 aliphatic carbocycles. The van der Waals surface area contributed by atoms with Crippen molar-refractivity contribution in [3.05, 3.63) is 58.8 Å². The van der Waals surface area contributed by atoms with E-state index in [9.17, 15) is 8.78 Å². The Hall–Kier alpha value is -1.75. The molecule has 0 saturated heterocycles. The highest BCUT2D eigenvalue weighted by Gasteiger charge is 2.10. The van der Waals surface area contributed by atoms with Gasteiger partial charge in [-0.1, -0.05) is 0 Å². The summed E-state index contributed by atoms with van der Waals surface area (Å²) < 4.78 is 29.4. The Morgan fingerprint density at radius 3 is 2.72 bits per heavy atom. The SMILES string of the molecule is Fc1ccc(F)c(-c2cn3cc(Br)ccc3n2)c1. The average Bonchev–Trinajstić information content (AvgIpc) is 2.74. The van der Waals surface area contributed by atoms with Crippen LogP contribution >= 0.6 is 15.9 Å². The molecule has 2 heterocycles. The van der Waals surface area contributed by atoms with Gasteiger partial charge in [-0.05, 0) is 46.3 Å². The second-order valence-electron chi connectivity index (χ2n) is 3.86. The minimum absolute atomic E-state index is 0.162. The quantitative estimate of drug-likeness (QED) is 0.663. The highest BCUT2D eigenvalue weighted by Crippen LogP contribution is 2.24. The first-order valence-electron chi connectivity index (χ1n) is 5.23. The largest absolute Gasteiger partial charge is 0.305 e. The Bertz CT molecular complexity index is 737. The Balaban J connectivity index is 2.22. The first-order valence-corrected chi connectivity index (χ1v) is 6.02. The molecule has 0 aliphatic rings. The number of nitrogens with zero attached hydrogens (tertiary/aromatic N) is 2. The van der Waals surface area contributed by atoms with Gasteiger partial charge in [-0.3, -0.25) is 0 Å². The van der Waals surface area contributed by atoms with Gasteiger partial charge < -0.3 is 4.40 Å². The third kappa shape index (κ3) is 1.90. The molecular weight excluding hydrogens is 302 g/mol. The van der Waals surface area contributed by atoms with Gasteiger partial charge in [0.25, 0.3) is 0 Å². The number of imidazole rings is 1. The maximum atomic E-state index is 13.6. The van der Waals surface area contributed by atoms with Crippen molar-refractivity contribution < 1.29 is 8.78 Å². The molecule has 18 heavy (non-hydrogen) atoms. The van der Waals surface area contributed by atoms with Crippen molar-refractivity contribution in [2.45, 2.75) is 0 Å². The first kappa shape index (κ1) is 11.3. The number of aromatic nitrogens is 2. The van der Waals surface area contributed by atoms with Gasteiger partial charge in [-0.15, -0.1) is 0 Å². The number of rotatable bonds is 1. The molecule has 0 spiro atoms. The Morgan fingerprint density at radius 1 is 1.06 bits per heavy atom. The van der Waals surface area contributed by atoms with Crippen LogP contribution < -0.4 is 0 Å². The van der Waals surface area contributed by atoms with E-state index in [-0.39, 0.29) is 5.56 Å². The molecule has 0 N–H and O–H groups in total. The van der Waals surface area contributed by atoms with E-state index in [0.717, 1.165) is 22.7 Å². The molecule has 2 nitrogen and oxygen atoms in total. The summed E-state index contributed by atoms with van der Waals surface area (Å²) in [5, 5.41) is 0. The van der Waals surface area contributed by atoms with Crippen molar-refractivity contribution in [3.8, 4) is 11.3 Å². The van der Waals surface area contributed by atoms with E-state index in [1.807, 2.05) is 12.3 Å². The topological polar surface area (TPSA) is 17.3 Å². The molecule has 2 aromatic heterocycles. The summed E-state index contributed by atoms with van der Waals surface area (Å²) in [6, 6.07) is 6.97. The van der Waals surface area contributed by atoms with Crippen LogP contribution in [0.15, 0.2) is 47.2 Å².